The van der Waals surface area contributed by atoms with Crippen LogP contribution in [0.3, 0.4) is 0 Å². The second-order valence-electron chi connectivity index (χ2n) is 4.54. The fourth-order valence-corrected chi connectivity index (χ4v) is 1.84. The van der Waals surface area contributed by atoms with Crippen LogP contribution in [0.1, 0.15) is 11.4 Å². The fraction of sp³-hybridized carbons (Fsp3) is 0.133. The summed E-state index contributed by atoms with van der Waals surface area (Å²) in [5.41, 5.74) is 3.07. The number of H-pyrrole nitrogens is 1. The summed E-state index contributed by atoms with van der Waals surface area (Å²) in [4.78, 5) is 8.65. The van der Waals surface area contributed by atoms with Crippen molar-refractivity contribution < 1.29 is 0 Å². The van der Waals surface area contributed by atoms with Crippen LogP contribution in [0.4, 0.5) is 5.69 Å². The number of aromatic amines is 1. The SMILES string of the molecule is Cc1ccc(NCc2nc(-c3ccccn3)n[nH]2)cc1. The Kier molecular flexibility index (Phi) is 3.41. The maximum Gasteiger partial charge on any atom is 0.199 e. The van der Waals surface area contributed by atoms with E-state index < -0.39 is 0 Å². The quantitative estimate of drug-likeness (QED) is 0.761. The molecule has 0 saturated heterocycles. The second-order valence-corrected chi connectivity index (χ2v) is 4.54. The Morgan fingerprint density at radius 3 is 2.70 bits per heavy atom. The summed E-state index contributed by atoms with van der Waals surface area (Å²) in [7, 11) is 0. The van der Waals surface area contributed by atoms with E-state index in [1.165, 1.54) is 5.56 Å². The Hall–Kier alpha value is -2.69. The van der Waals surface area contributed by atoms with Gasteiger partial charge in [0.15, 0.2) is 5.82 Å². The highest BCUT2D eigenvalue weighted by Gasteiger charge is 2.06. The van der Waals surface area contributed by atoms with E-state index in [0.29, 0.717) is 12.4 Å². The van der Waals surface area contributed by atoms with Gasteiger partial charge < -0.3 is 5.32 Å². The first-order valence-corrected chi connectivity index (χ1v) is 6.44. The lowest BCUT2D eigenvalue weighted by Crippen LogP contribution is -2.01. The van der Waals surface area contributed by atoms with E-state index in [2.05, 4.69) is 44.5 Å². The molecule has 0 aliphatic heterocycles. The second kappa shape index (κ2) is 5.52. The number of pyridine rings is 1. The number of aryl methyl sites for hydroxylation is 1. The number of rotatable bonds is 4. The van der Waals surface area contributed by atoms with Gasteiger partial charge in [0.25, 0.3) is 0 Å². The largest absolute Gasteiger partial charge is 0.378 e. The number of anilines is 1. The van der Waals surface area contributed by atoms with Crippen LogP contribution in [0.5, 0.6) is 0 Å². The van der Waals surface area contributed by atoms with E-state index in [0.717, 1.165) is 17.2 Å². The Balaban J connectivity index is 1.67. The highest BCUT2D eigenvalue weighted by molar-refractivity contribution is 5.48. The molecule has 0 radical (unpaired) electrons. The third-order valence-corrected chi connectivity index (χ3v) is 2.94. The van der Waals surface area contributed by atoms with Crippen LogP contribution in [0, 0.1) is 6.92 Å². The zero-order chi connectivity index (χ0) is 13.8. The molecule has 5 nitrogen and oxygen atoms in total. The number of aromatic nitrogens is 4. The van der Waals surface area contributed by atoms with Crippen LogP contribution >= 0.6 is 0 Å². The molecule has 0 unspecified atom stereocenters. The predicted molar refractivity (Wildman–Crippen MR) is 78.1 cm³/mol. The van der Waals surface area contributed by atoms with E-state index in [-0.39, 0.29) is 0 Å². The number of benzene rings is 1. The minimum Gasteiger partial charge on any atom is -0.378 e. The molecule has 3 aromatic rings. The first-order valence-electron chi connectivity index (χ1n) is 6.44. The molecule has 1 aromatic carbocycles. The molecular formula is C15H15N5. The summed E-state index contributed by atoms with van der Waals surface area (Å²) in [6.45, 7) is 2.67. The molecule has 0 atom stereocenters. The number of nitrogens with one attached hydrogen (secondary N) is 2. The van der Waals surface area contributed by atoms with Crippen molar-refractivity contribution in [3.05, 3.63) is 60.0 Å². The molecule has 0 amide bonds. The normalized spacial score (nSPS) is 10.4. The van der Waals surface area contributed by atoms with Crippen molar-refractivity contribution in [2.75, 3.05) is 5.32 Å². The van der Waals surface area contributed by atoms with E-state index in [9.17, 15) is 0 Å². The van der Waals surface area contributed by atoms with E-state index in [1.807, 2.05) is 30.3 Å². The van der Waals surface area contributed by atoms with Crippen LogP contribution in [0.15, 0.2) is 48.7 Å². The van der Waals surface area contributed by atoms with Crippen LogP contribution < -0.4 is 5.32 Å². The molecule has 0 aliphatic rings. The van der Waals surface area contributed by atoms with Crippen LogP contribution in [0.25, 0.3) is 11.5 Å². The maximum absolute atomic E-state index is 4.42. The molecule has 3 rings (SSSR count). The van der Waals surface area contributed by atoms with E-state index >= 15 is 0 Å². The topological polar surface area (TPSA) is 66.5 Å². The predicted octanol–water partition coefficient (Wildman–Crippen LogP) is 2.79. The van der Waals surface area contributed by atoms with Crippen molar-refractivity contribution in [3.8, 4) is 11.5 Å². The molecule has 0 spiro atoms. The van der Waals surface area contributed by atoms with Crippen molar-refractivity contribution in [1.82, 2.24) is 20.2 Å². The summed E-state index contributed by atoms with van der Waals surface area (Å²) >= 11 is 0. The Morgan fingerprint density at radius 1 is 1.10 bits per heavy atom. The lowest BCUT2D eigenvalue weighted by molar-refractivity contribution is 0.954. The monoisotopic (exact) mass is 265 g/mol. The van der Waals surface area contributed by atoms with Gasteiger partial charge >= 0.3 is 0 Å². The minimum atomic E-state index is 0.600. The average Bonchev–Trinajstić information content (AvgIpc) is 2.97. The molecule has 5 heteroatoms. The lowest BCUT2D eigenvalue weighted by atomic mass is 10.2. The summed E-state index contributed by atoms with van der Waals surface area (Å²) in [6, 6.07) is 13.9. The van der Waals surface area contributed by atoms with Gasteiger partial charge in [-0.05, 0) is 31.2 Å². The van der Waals surface area contributed by atoms with Crippen molar-refractivity contribution in [2.24, 2.45) is 0 Å². The Morgan fingerprint density at radius 2 is 1.95 bits per heavy atom. The Bertz CT molecular complexity index is 673. The number of hydrogen-bond donors (Lipinski definition) is 2. The summed E-state index contributed by atoms with van der Waals surface area (Å²) in [6.07, 6.45) is 1.73. The zero-order valence-electron chi connectivity index (χ0n) is 11.2. The van der Waals surface area contributed by atoms with Crippen LogP contribution in [0.2, 0.25) is 0 Å². The van der Waals surface area contributed by atoms with Crippen LogP contribution in [-0.2, 0) is 6.54 Å². The summed E-state index contributed by atoms with van der Waals surface area (Å²) in [5, 5.41) is 10.4. The smallest absolute Gasteiger partial charge is 0.199 e. The molecule has 0 saturated carbocycles. The van der Waals surface area contributed by atoms with E-state index in [4.69, 9.17) is 0 Å². The lowest BCUT2D eigenvalue weighted by Gasteiger charge is -2.03. The molecule has 20 heavy (non-hydrogen) atoms. The van der Waals surface area contributed by atoms with E-state index in [1.54, 1.807) is 6.20 Å². The van der Waals surface area contributed by atoms with Gasteiger partial charge in [0.1, 0.15) is 11.5 Å². The maximum atomic E-state index is 4.42. The van der Waals surface area contributed by atoms with Gasteiger partial charge in [0.05, 0.1) is 6.54 Å². The number of nitrogens with zero attached hydrogens (tertiary/aromatic N) is 3. The average molecular weight is 265 g/mol. The fourth-order valence-electron chi connectivity index (χ4n) is 1.84. The standard InChI is InChI=1S/C15H15N5/c1-11-5-7-12(8-6-11)17-10-14-18-15(20-19-14)13-4-2-3-9-16-13/h2-9,17H,10H2,1H3,(H,18,19,20). The molecule has 2 aromatic heterocycles. The molecular weight excluding hydrogens is 250 g/mol. The Labute approximate surface area is 117 Å². The summed E-state index contributed by atoms with van der Waals surface area (Å²) in [5.74, 6) is 1.40. The molecule has 0 aliphatic carbocycles. The van der Waals surface area contributed by atoms with Gasteiger partial charge in [0, 0.05) is 11.9 Å². The number of hydrogen-bond acceptors (Lipinski definition) is 4. The molecule has 2 N–H and O–H groups in total. The highest BCUT2D eigenvalue weighted by Crippen LogP contribution is 2.12. The molecule has 2 heterocycles. The summed E-state index contributed by atoms with van der Waals surface area (Å²) < 4.78 is 0. The molecule has 0 bridgehead atoms. The van der Waals surface area contributed by atoms with Crippen molar-refractivity contribution >= 4 is 5.69 Å². The molecule has 0 fully saturated rings. The van der Waals surface area contributed by atoms with Gasteiger partial charge in [-0.3, -0.25) is 10.1 Å². The van der Waals surface area contributed by atoms with Crippen molar-refractivity contribution in [3.63, 3.8) is 0 Å². The van der Waals surface area contributed by atoms with Crippen LogP contribution in [-0.4, -0.2) is 20.2 Å². The first-order chi connectivity index (χ1) is 9.81. The highest BCUT2D eigenvalue weighted by atomic mass is 15.2. The third kappa shape index (κ3) is 2.83. The van der Waals surface area contributed by atoms with Gasteiger partial charge in [-0.25, -0.2) is 4.98 Å². The molecule has 100 valence electrons. The van der Waals surface area contributed by atoms with Gasteiger partial charge in [-0.2, -0.15) is 5.10 Å². The van der Waals surface area contributed by atoms with Gasteiger partial charge in [0.2, 0.25) is 0 Å². The zero-order valence-corrected chi connectivity index (χ0v) is 11.2. The van der Waals surface area contributed by atoms with Gasteiger partial charge in [-0.15, -0.1) is 0 Å². The first kappa shape index (κ1) is 12.3. The minimum absolute atomic E-state index is 0.600. The van der Waals surface area contributed by atoms with Crippen molar-refractivity contribution in [1.29, 1.82) is 0 Å². The van der Waals surface area contributed by atoms with Gasteiger partial charge in [-0.1, -0.05) is 23.8 Å². The third-order valence-electron chi connectivity index (χ3n) is 2.94. The van der Waals surface area contributed by atoms with Crippen molar-refractivity contribution in [2.45, 2.75) is 13.5 Å².